The summed E-state index contributed by atoms with van der Waals surface area (Å²) in [5.74, 6) is -0.640. The predicted molar refractivity (Wildman–Crippen MR) is 74.0 cm³/mol. The minimum atomic E-state index is -3.80. The highest BCUT2D eigenvalue weighted by molar-refractivity contribution is 7.89. The largest absolute Gasteiger partial charge is 0.327 e. The highest BCUT2D eigenvalue weighted by atomic mass is 32.2. The van der Waals surface area contributed by atoms with E-state index in [4.69, 9.17) is 10.9 Å². The predicted octanol–water partition coefficient (Wildman–Crippen LogP) is 0.564. The maximum Gasteiger partial charge on any atom is 0.238 e. The van der Waals surface area contributed by atoms with Crippen LogP contribution in [-0.2, 0) is 14.8 Å². The molecule has 0 saturated carbocycles. The van der Waals surface area contributed by atoms with Crippen LogP contribution >= 0.6 is 0 Å². The third kappa shape index (κ3) is 4.02. The first-order valence-corrected chi connectivity index (χ1v) is 7.37. The van der Waals surface area contributed by atoms with Gasteiger partial charge in [-0.3, -0.25) is 4.79 Å². The molecule has 5 N–H and O–H groups in total. The molecule has 0 aliphatic rings. The number of benzene rings is 1. The molecule has 1 rings (SSSR count). The summed E-state index contributed by atoms with van der Waals surface area (Å²) in [4.78, 5) is 11.8. The summed E-state index contributed by atoms with van der Waals surface area (Å²) in [5, 5.41) is 7.73. The lowest BCUT2D eigenvalue weighted by molar-refractivity contribution is -0.119. The molecule has 1 aromatic carbocycles. The number of carbonyl (C=O) groups is 1. The standard InChI is InChI=1S/C12H19N3O3S/c1-7-4-5-10(6-11(7)19(14,17)18)15-12(16)8(2)9(3)13/h4-6,8-9H,13H2,1-3H3,(H,15,16)(H2,14,17,18). The number of hydrogen-bond acceptors (Lipinski definition) is 4. The zero-order valence-corrected chi connectivity index (χ0v) is 12.0. The van der Waals surface area contributed by atoms with Crippen molar-refractivity contribution in [2.45, 2.75) is 31.7 Å². The molecule has 106 valence electrons. The van der Waals surface area contributed by atoms with Crippen molar-refractivity contribution in [3.63, 3.8) is 0 Å². The fraction of sp³-hybridized carbons (Fsp3) is 0.417. The van der Waals surface area contributed by atoms with Gasteiger partial charge in [0.05, 0.1) is 10.8 Å². The van der Waals surface area contributed by atoms with Crippen molar-refractivity contribution in [2.24, 2.45) is 16.8 Å². The van der Waals surface area contributed by atoms with Crippen LogP contribution in [0.5, 0.6) is 0 Å². The Morgan fingerprint density at radius 2 is 1.89 bits per heavy atom. The number of nitrogens with two attached hydrogens (primary N) is 2. The molecule has 6 nitrogen and oxygen atoms in total. The fourth-order valence-corrected chi connectivity index (χ4v) is 2.29. The van der Waals surface area contributed by atoms with Crippen LogP contribution in [0.1, 0.15) is 19.4 Å². The van der Waals surface area contributed by atoms with Crippen LogP contribution in [0.2, 0.25) is 0 Å². The van der Waals surface area contributed by atoms with Crippen molar-refractivity contribution in [3.05, 3.63) is 23.8 Å². The van der Waals surface area contributed by atoms with Crippen molar-refractivity contribution in [1.29, 1.82) is 0 Å². The van der Waals surface area contributed by atoms with E-state index in [-0.39, 0.29) is 22.8 Å². The monoisotopic (exact) mass is 285 g/mol. The van der Waals surface area contributed by atoms with E-state index in [0.717, 1.165) is 0 Å². The smallest absolute Gasteiger partial charge is 0.238 e. The highest BCUT2D eigenvalue weighted by Crippen LogP contribution is 2.19. The maximum atomic E-state index is 11.8. The molecule has 0 radical (unpaired) electrons. The SMILES string of the molecule is Cc1ccc(NC(=O)C(C)C(C)N)cc1S(N)(=O)=O. The van der Waals surface area contributed by atoms with Gasteiger partial charge in [0.2, 0.25) is 15.9 Å². The average molecular weight is 285 g/mol. The molecule has 0 aromatic heterocycles. The second kappa shape index (κ2) is 5.68. The average Bonchev–Trinajstić information content (AvgIpc) is 2.28. The zero-order valence-electron chi connectivity index (χ0n) is 11.2. The van der Waals surface area contributed by atoms with Gasteiger partial charge in [-0.05, 0) is 31.5 Å². The first-order valence-electron chi connectivity index (χ1n) is 5.83. The summed E-state index contributed by atoms with van der Waals surface area (Å²) in [5.41, 5.74) is 6.55. The zero-order chi connectivity index (χ0) is 14.8. The number of primary sulfonamides is 1. The van der Waals surface area contributed by atoms with Crippen molar-refractivity contribution < 1.29 is 13.2 Å². The van der Waals surface area contributed by atoms with Crippen molar-refractivity contribution in [1.82, 2.24) is 0 Å². The molecule has 0 bridgehead atoms. The van der Waals surface area contributed by atoms with E-state index in [9.17, 15) is 13.2 Å². The number of hydrogen-bond donors (Lipinski definition) is 3. The van der Waals surface area contributed by atoms with E-state index >= 15 is 0 Å². The third-order valence-electron chi connectivity index (χ3n) is 2.96. The molecule has 1 aromatic rings. The minimum absolute atomic E-state index is 0.00116. The maximum absolute atomic E-state index is 11.8. The second-order valence-corrected chi connectivity index (χ2v) is 6.19. The number of aryl methyl sites for hydroxylation is 1. The van der Waals surface area contributed by atoms with E-state index in [1.54, 1.807) is 32.9 Å². The van der Waals surface area contributed by atoms with Gasteiger partial charge >= 0.3 is 0 Å². The molecule has 0 saturated heterocycles. The van der Waals surface area contributed by atoms with Crippen LogP contribution < -0.4 is 16.2 Å². The Balaban J connectivity index is 3.02. The van der Waals surface area contributed by atoms with Gasteiger partial charge in [0.1, 0.15) is 0 Å². The normalized spacial score (nSPS) is 14.8. The van der Waals surface area contributed by atoms with Gasteiger partial charge in [-0.2, -0.15) is 0 Å². The van der Waals surface area contributed by atoms with Crippen molar-refractivity contribution in [3.8, 4) is 0 Å². The van der Waals surface area contributed by atoms with Crippen LogP contribution in [0.15, 0.2) is 23.1 Å². The topological polar surface area (TPSA) is 115 Å². The Morgan fingerprint density at radius 1 is 1.32 bits per heavy atom. The van der Waals surface area contributed by atoms with Crippen molar-refractivity contribution in [2.75, 3.05) is 5.32 Å². The minimum Gasteiger partial charge on any atom is -0.327 e. The van der Waals surface area contributed by atoms with Crippen LogP contribution in [0, 0.1) is 12.8 Å². The van der Waals surface area contributed by atoms with Gasteiger partial charge in [-0.25, -0.2) is 13.6 Å². The number of sulfonamides is 1. The molecule has 0 aliphatic carbocycles. The lowest BCUT2D eigenvalue weighted by Gasteiger charge is -2.16. The molecule has 7 heteroatoms. The molecule has 0 aliphatic heterocycles. The first kappa shape index (κ1) is 15.6. The summed E-state index contributed by atoms with van der Waals surface area (Å²) in [6, 6.07) is 4.27. The van der Waals surface area contributed by atoms with Crippen LogP contribution in [0.4, 0.5) is 5.69 Å². The van der Waals surface area contributed by atoms with Gasteiger partial charge in [-0.1, -0.05) is 13.0 Å². The quantitative estimate of drug-likeness (QED) is 0.749. The van der Waals surface area contributed by atoms with Gasteiger partial charge in [0.25, 0.3) is 0 Å². The van der Waals surface area contributed by atoms with Gasteiger partial charge < -0.3 is 11.1 Å². The summed E-state index contributed by atoms with van der Waals surface area (Å²) in [7, 11) is -3.80. The molecular formula is C12H19N3O3S. The van der Waals surface area contributed by atoms with Crippen LogP contribution in [0.3, 0.4) is 0 Å². The Morgan fingerprint density at radius 3 is 2.37 bits per heavy atom. The summed E-state index contributed by atoms with van der Waals surface area (Å²) in [6.45, 7) is 5.07. The van der Waals surface area contributed by atoms with E-state index in [2.05, 4.69) is 5.32 Å². The van der Waals surface area contributed by atoms with Gasteiger partial charge in [0, 0.05) is 11.7 Å². The molecule has 0 heterocycles. The number of rotatable bonds is 4. The van der Waals surface area contributed by atoms with E-state index < -0.39 is 10.0 Å². The summed E-state index contributed by atoms with van der Waals surface area (Å²) < 4.78 is 22.8. The number of carbonyl (C=O) groups excluding carboxylic acids is 1. The molecule has 0 fully saturated rings. The van der Waals surface area contributed by atoms with Gasteiger partial charge in [0.15, 0.2) is 0 Å². The molecule has 2 unspecified atom stereocenters. The Bertz CT molecular complexity index is 582. The van der Waals surface area contributed by atoms with Crippen LogP contribution in [0.25, 0.3) is 0 Å². The highest BCUT2D eigenvalue weighted by Gasteiger charge is 2.18. The molecule has 0 spiro atoms. The molecular weight excluding hydrogens is 266 g/mol. The Kier molecular flexibility index (Phi) is 4.67. The summed E-state index contributed by atoms with van der Waals surface area (Å²) >= 11 is 0. The van der Waals surface area contributed by atoms with E-state index in [1.165, 1.54) is 6.07 Å². The third-order valence-corrected chi connectivity index (χ3v) is 4.02. The number of nitrogens with one attached hydrogen (secondary N) is 1. The second-order valence-electron chi connectivity index (χ2n) is 4.66. The summed E-state index contributed by atoms with van der Waals surface area (Å²) in [6.07, 6.45) is 0. The lowest BCUT2D eigenvalue weighted by atomic mass is 10.0. The number of anilines is 1. The fourth-order valence-electron chi connectivity index (χ4n) is 1.48. The van der Waals surface area contributed by atoms with E-state index in [0.29, 0.717) is 11.3 Å². The first-order chi connectivity index (χ1) is 8.62. The van der Waals surface area contributed by atoms with Crippen molar-refractivity contribution >= 4 is 21.6 Å². The van der Waals surface area contributed by atoms with Gasteiger partial charge in [-0.15, -0.1) is 0 Å². The van der Waals surface area contributed by atoms with Crippen LogP contribution in [-0.4, -0.2) is 20.4 Å². The molecule has 1 amide bonds. The number of amides is 1. The molecule has 19 heavy (non-hydrogen) atoms. The molecule has 2 atom stereocenters. The lowest BCUT2D eigenvalue weighted by Crippen LogP contribution is -2.34. The Hall–Kier alpha value is -1.44. The Labute approximate surface area is 113 Å². The van der Waals surface area contributed by atoms with E-state index in [1.807, 2.05) is 0 Å².